The van der Waals surface area contributed by atoms with Crippen molar-refractivity contribution in [3.05, 3.63) is 39.2 Å². The molecule has 3 rings (SSSR count). The fraction of sp³-hybridized carbons (Fsp3) is 0.455. The molecule has 9 nitrogen and oxygen atoms in total. The van der Waals surface area contributed by atoms with Crippen molar-refractivity contribution in [1.82, 2.24) is 14.9 Å². The third kappa shape index (κ3) is 2.97. The van der Waals surface area contributed by atoms with Crippen molar-refractivity contribution < 1.29 is 14.1 Å². The monoisotopic (exact) mass is 313 g/mol. The fourth-order valence-corrected chi connectivity index (χ4v) is 2.90. The lowest BCUT2D eigenvalue weighted by atomic mass is 10.3. The number of nitrogens with two attached hydrogens (primary N) is 1. The number of hydrogen-bond acceptors (Lipinski definition) is 9. The van der Waals surface area contributed by atoms with E-state index in [1.807, 2.05) is 6.20 Å². The molecule has 0 amide bonds. The normalized spacial score (nSPS) is 27.9. The van der Waals surface area contributed by atoms with E-state index in [1.165, 1.54) is 24.1 Å². The molecule has 0 radical (unpaired) electrons. The van der Waals surface area contributed by atoms with Gasteiger partial charge in [-0.2, -0.15) is 0 Å². The zero-order chi connectivity index (χ0) is 14.9. The van der Waals surface area contributed by atoms with Crippen molar-refractivity contribution in [2.24, 2.45) is 5.73 Å². The summed E-state index contributed by atoms with van der Waals surface area (Å²) < 4.78 is 13.4. The molecule has 0 saturated carbocycles. The summed E-state index contributed by atoms with van der Waals surface area (Å²) in [5.74, 6) is -1.25. The van der Waals surface area contributed by atoms with E-state index in [1.54, 1.807) is 0 Å². The molecule has 0 aromatic carbocycles. The molecule has 0 aliphatic carbocycles. The van der Waals surface area contributed by atoms with Gasteiger partial charge < -0.3 is 19.4 Å². The first kappa shape index (κ1) is 14.2. The van der Waals surface area contributed by atoms with Gasteiger partial charge in [-0.1, -0.05) is 0 Å². The summed E-state index contributed by atoms with van der Waals surface area (Å²) in [4.78, 5) is 12.2. The molecular weight excluding hydrogens is 298 g/mol. The molecule has 1 unspecified atom stereocenters. The fourth-order valence-electron chi connectivity index (χ4n) is 2.06. The van der Waals surface area contributed by atoms with E-state index in [0.29, 0.717) is 13.2 Å². The van der Waals surface area contributed by atoms with Crippen LogP contribution in [0.3, 0.4) is 0 Å². The summed E-state index contributed by atoms with van der Waals surface area (Å²) >= 11 is 1.32. The molecule has 2 fully saturated rings. The van der Waals surface area contributed by atoms with Crippen LogP contribution in [-0.2, 0) is 10.5 Å². The predicted octanol–water partition coefficient (Wildman–Crippen LogP) is 0.229. The van der Waals surface area contributed by atoms with Crippen LogP contribution in [0.15, 0.2) is 27.8 Å². The van der Waals surface area contributed by atoms with Crippen molar-refractivity contribution in [2.45, 2.75) is 5.79 Å². The molecule has 1 aromatic heterocycles. The molecule has 2 saturated heterocycles. The highest BCUT2D eigenvalue weighted by Crippen LogP contribution is 2.31. The summed E-state index contributed by atoms with van der Waals surface area (Å²) in [5, 5.41) is 14.5. The third-order valence-corrected chi connectivity index (χ3v) is 4.00. The quantitative estimate of drug-likeness (QED) is 0.409. The van der Waals surface area contributed by atoms with Crippen molar-refractivity contribution >= 4 is 17.8 Å². The summed E-state index contributed by atoms with van der Waals surface area (Å²) in [6.45, 7) is 3.02. The van der Waals surface area contributed by atoms with Crippen LogP contribution in [0, 0.1) is 10.1 Å². The first-order valence-corrected chi connectivity index (χ1v) is 7.18. The van der Waals surface area contributed by atoms with E-state index >= 15 is 0 Å². The second kappa shape index (κ2) is 5.56. The molecule has 0 spiro atoms. The Morgan fingerprint density at radius 3 is 2.90 bits per heavy atom. The van der Waals surface area contributed by atoms with Crippen LogP contribution in [-0.4, -0.2) is 36.1 Å². The number of nitrogens with zero attached hydrogens (tertiary/aromatic N) is 2. The smallest absolute Gasteiger partial charge is 0.400 e. The van der Waals surface area contributed by atoms with E-state index < -0.39 is 10.7 Å². The standard InChI is InChI=1S/C11H15N5O4S/c12-11(8-1-2-10(20-8)16(17)18)13-9(21-14-11)7-15-3-5-19-6-4-15/h1-2,7,13-14H,3-6,12H2. The second-order valence-electron chi connectivity index (χ2n) is 4.67. The van der Waals surface area contributed by atoms with E-state index in [4.69, 9.17) is 14.9 Å². The minimum Gasteiger partial charge on any atom is -0.400 e. The maximum atomic E-state index is 10.7. The van der Waals surface area contributed by atoms with Crippen molar-refractivity contribution in [2.75, 3.05) is 26.3 Å². The van der Waals surface area contributed by atoms with Gasteiger partial charge in [0.05, 0.1) is 19.3 Å². The van der Waals surface area contributed by atoms with Crippen LogP contribution in [0.1, 0.15) is 5.76 Å². The average Bonchev–Trinajstić information content (AvgIpc) is 3.08. The van der Waals surface area contributed by atoms with Crippen molar-refractivity contribution in [1.29, 1.82) is 0 Å². The topological polar surface area (TPSA) is 119 Å². The van der Waals surface area contributed by atoms with Gasteiger partial charge in [0.1, 0.15) is 9.95 Å². The van der Waals surface area contributed by atoms with Gasteiger partial charge in [0.15, 0.2) is 5.76 Å². The Kier molecular flexibility index (Phi) is 3.76. The number of hydrogen-bond donors (Lipinski definition) is 3. The maximum absolute atomic E-state index is 10.7. The number of morpholine rings is 1. The SMILES string of the molecule is NC1(c2ccc([N+](=O)[O-])o2)NSC(=CN2CCOCC2)N1. The van der Waals surface area contributed by atoms with Gasteiger partial charge in [-0.3, -0.25) is 15.8 Å². The Balaban J connectivity index is 1.71. The van der Waals surface area contributed by atoms with Gasteiger partial charge >= 0.3 is 5.88 Å². The first-order valence-electron chi connectivity index (χ1n) is 6.36. The van der Waals surface area contributed by atoms with Crippen LogP contribution in [0.25, 0.3) is 0 Å². The number of nitro groups is 1. The van der Waals surface area contributed by atoms with E-state index in [0.717, 1.165) is 18.1 Å². The van der Waals surface area contributed by atoms with Gasteiger partial charge in [-0.15, -0.1) is 0 Å². The highest BCUT2D eigenvalue weighted by Gasteiger charge is 2.38. The molecule has 1 aromatic rings. The lowest BCUT2D eigenvalue weighted by Crippen LogP contribution is -2.53. The van der Waals surface area contributed by atoms with Gasteiger partial charge in [-0.25, -0.2) is 4.72 Å². The number of rotatable bonds is 3. The van der Waals surface area contributed by atoms with E-state index in [-0.39, 0.29) is 11.6 Å². The highest BCUT2D eigenvalue weighted by molar-refractivity contribution is 8.01. The molecule has 3 heterocycles. The Hall–Kier alpha value is -1.75. The Morgan fingerprint density at radius 2 is 2.24 bits per heavy atom. The summed E-state index contributed by atoms with van der Waals surface area (Å²) in [6, 6.07) is 2.76. The highest BCUT2D eigenvalue weighted by atomic mass is 32.2. The molecule has 4 N–H and O–H groups in total. The molecule has 21 heavy (non-hydrogen) atoms. The van der Waals surface area contributed by atoms with Gasteiger partial charge in [-0.05, 0) is 18.0 Å². The van der Waals surface area contributed by atoms with Crippen LogP contribution < -0.4 is 15.8 Å². The third-order valence-electron chi connectivity index (χ3n) is 3.15. The van der Waals surface area contributed by atoms with E-state index in [9.17, 15) is 10.1 Å². The molecule has 114 valence electrons. The molecule has 1 atom stereocenters. The summed E-state index contributed by atoms with van der Waals surface area (Å²) in [7, 11) is 0. The Morgan fingerprint density at radius 1 is 1.48 bits per heavy atom. The summed E-state index contributed by atoms with van der Waals surface area (Å²) in [6.07, 6.45) is 1.95. The number of furan rings is 1. The predicted molar refractivity (Wildman–Crippen MR) is 75.6 cm³/mol. The minimum absolute atomic E-state index is 0.257. The number of nitrogens with one attached hydrogen (secondary N) is 2. The molecule has 0 bridgehead atoms. The zero-order valence-electron chi connectivity index (χ0n) is 11.1. The minimum atomic E-state index is -1.17. The number of ether oxygens (including phenoxy) is 1. The first-order chi connectivity index (χ1) is 10.1. The van der Waals surface area contributed by atoms with Gasteiger partial charge in [0, 0.05) is 19.3 Å². The second-order valence-corrected chi connectivity index (χ2v) is 5.52. The zero-order valence-corrected chi connectivity index (χ0v) is 11.9. The van der Waals surface area contributed by atoms with Crippen LogP contribution in [0.5, 0.6) is 0 Å². The van der Waals surface area contributed by atoms with Crippen LogP contribution in [0.4, 0.5) is 5.88 Å². The Bertz CT molecular complexity index is 571. The van der Waals surface area contributed by atoms with E-state index in [2.05, 4.69) is 14.9 Å². The Labute approximate surface area is 124 Å². The molecular formula is C11H15N5O4S. The van der Waals surface area contributed by atoms with Crippen LogP contribution >= 0.6 is 11.9 Å². The lowest BCUT2D eigenvalue weighted by molar-refractivity contribution is -0.402. The van der Waals surface area contributed by atoms with Gasteiger partial charge in [0.2, 0.25) is 5.79 Å². The maximum Gasteiger partial charge on any atom is 0.433 e. The molecule has 10 heteroatoms. The lowest BCUT2D eigenvalue weighted by Gasteiger charge is -2.26. The largest absolute Gasteiger partial charge is 0.433 e. The molecule has 2 aliphatic heterocycles. The van der Waals surface area contributed by atoms with Crippen molar-refractivity contribution in [3.8, 4) is 0 Å². The average molecular weight is 313 g/mol. The summed E-state index contributed by atoms with van der Waals surface area (Å²) in [5.41, 5.74) is 6.15. The molecule has 2 aliphatic rings. The van der Waals surface area contributed by atoms with Crippen molar-refractivity contribution in [3.63, 3.8) is 0 Å². The van der Waals surface area contributed by atoms with Crippen LogP contribution in [0.2, 0.25) is 0 Å². The van der Waals surface area contributed by atoms with Gasteiger partial charge in [0.25, 0.3) is 0 Å².